The molecular weight excluding hydrogens is 572 g/mol. The number of hydrogen-bond donors (Lipinski definition) is 2. The van der Waals surface area contributed by atoms with Gasteiger partial charge in [0.05, 0.1) is 33.5 Å². The maximum absolute atomic E-state index is 12.9. The lowest BCUT2D eigenvalue weighted by molar-refractivity contribution is -0.114. The number of para-hydroxylation sites is 1. The fraction of sp³-hybridized carbons (Fsp3) is 0.194. The van der Waals surface area contributed by atoms with Crippen molar-refractivity contribution in [1.29, 1.82) is 0 Å². The maximum Gasteiger partial charge on any atom is 0.263 e. The largest absolute Gasteiger partial charge is 0.350 e. The van der Waals surface area contributed by atoms with Crippen molar-refractivity contribution < 1.29 is 13.3 Å². The Bertz CT molecular complexity index is 1750. The Labute approximate surface area is 251 Å². The van der Waals surface area contributed by atoms with E-state index in [1.165, 1.54) is 17.2 Å². The summed E-state index contributed by atoms with van der Waals surface area (Å²) in [5, 5.41) is 7.55. The highest BCUT2D eigenvalue weighted by atomic mass is 35.5. The summed E-state index contributed by atoms with van der Waals surface area (Å²) in [7, 11) is 0. The summed E-state index contributed by atoms with van der Waals surface area (Å²) in [6, 6.07) is 24.8. The molecule has 42 heavy (non-hydrogen) atoms. The van der Waals surface area contributed by atoms with Crippen LogP contribution in [0.25, 0.3) is 22.2 Å². The van der Waals surface area contributed by atoms with Crippen molar-refractivity contribution in [2.24, 2.45) is 0 Å². The Morgan fingerprint density at radius 3 is 2.62 bits per heavy atom. The van der Waals surface area contributed by atoms with Crippen LogP contribution in [0.3, 0.4) is 0 Å². The Balaban J connectivity index is 1.17. The first kappa shape index (κ1) is 27.9. The van der Waals surface area contributed by atoms with Crippen molar-refractivity contribution in [3.63, 3.8) is 0 Å². The first-order chi connectivity index (χ1) is 20.4. The van der Waals surface area contributed by atoms with E-state index < -0.39 is 11.1 Å². The number of aromatic nitrogens is 3. The fourth-order valence-corrected chi connectivity index (χ4v) is 6.03. The normalized spacial score (nSPS) is 15.9. The molecule has 1 fully saturated rings. The van der Waals surface area contributed by atoms with E-state index in [0.717, 1.165) is 48.2 Å². The first-order valence-corrected chi connectivity index (χ1v) is 15.0. The molecule has 5 aromatic rings. The zero-order valence-electron chi connectivity index (χ0n) is 22.9. The third-order valence-electron chi connectivity index (χ3n) is 7.05. The average Bonchev–Trinajstić information content (AvgIpc) is 3.59. The standard InChI is InChI=1S/C31H29ClN6O3S/c1-21(39)34-23-13-11-22(12-14-23)18-37-16-15-24(19-37)35-31-33-17-28(32)30(36-31)27-20-38(29-10-6-5-9-26(27)29)41-42(40)25-7-3-2-4-8-25/h2-14,17,20,24H,15-16,18-19H2,1H3,(H,34,39)(H,33,35,36)/t24-,42?/m1/s1. The van der Waals surface area contributed by atoms with Gasteiger partial charge >= 0.3 is 0 Å². The van der Waals surface area contributed by atoms with E-state index in [2.05, 4.69) is 20.5 Å². The van der Waals surface area contributed by atoms with Crippen molar-refractivity contribution in [2.75, 3.05) is 23.7 Å². The predicted octanol–water partition coefficient (Wildman–Crippen LogP) is 5.55. The fourth-order valence-electron chi connectivity index (χ4n) is 5.11. The lowest BCUT2D eigenvalue weighted by Gasteiger charge is -2.17. The van der Waals surface area contributed by atoms with E-state index in [4.69, 9.17) is 20.9 Å². The highest BCUT2D eigenvalue weighted by molar-refractivity contribution is 7.80. The molecule has 0 radical (unpaired) electrons. The van der Waals surface area contributed by atoms with Gasteiger partial charge in [0.2, 0.25) is 11.9 Å². The smallest absolute Gasteiger partial charge is 0.263 e. The van der Waals surface area contributed by atoms with Crippen LogP contribution in [0, 0.1) is 0 Å². The minimum Gasteiger partial charge on any atom is -0.350 e. The Kier molecular flexibility index (Phi) is 8.18. The third-order valence-corrected chi connectivity index (χ3v) is 8.28. The molecule has 214 valence electrons. The monoisotopic (exact) mass is 600 g/mol. The summed E-state index contributed by atoms with van der Waals surface area (Å²) < 4.78 is 20.3. The van der Waals surface area contributed by atoms with Crippen molar-refractivity contribution in [1.82, 2.24) is 19.6 Å². The number of rotatable bonds is 9. The molecule has 2 N–H and O–H groups in total. The average molecular weight is 601 g/mol. The van der Waals surface area contributed by atoms with Crippen molar-refractivity contribution in [2.45, 2.75) is 30.8 Å². The number of nitrogens with zero attached hydrogens (tertiary/aromatic N) is 4. The maximum atomic E-state index is 12.9. The number of halogens is 1. The van der Waals surface area contributed by atoms with E-state index in [1.54, 1.807) is 24.5 Å². The van der Waals surface area contributed by atoms with Crippen LogP contribution in [-0.4, -0.2) is 48.8 Å². The molecule has 1 aliphatic rings. The minimum absolute atomic E-state index is 0.0811. The zero-order valence-corrected chi connectivity index (χ0v) is 24.4. The van der Waals surface area contributed by atoms with Gasteiger partial charge in [0.1, 0.15) is 0 Å². The molecule has 9 nitrogen and oxygen atoms in total. The van der Waals surface area contributed by atoms with Crippen LogP contribution < -0.4 is 14.9 Å². The third kappa shape index (κ3) is 6.30. The molecule has 1 saturated heterocycles. The molecule has 11 heteroatoms. The molecule has 1 unspecified atom stereocenters. The summed E-state index contributed by atoms with van der Waals surface area (Å²) in [6.45, 7) is 4.10. The molecule has 0 spiro atoms. The summed E-state index contributed by atoms with van der Waals surface area (Å²) in [5.41, 5.74) is 4.04. The van der Waals surface area contributed by atoms with Crippen LogP contribution in [0.5, 0.6) is 0 Å². The molecular formula is C31H29ClN6O3S. The molecule has 1 amide bonds. The Morgan fingerprint density at radius 1 is 1.07 bits per heavy atom. The topological polar surface area (TPSA) is 101 Å². The highest BCUT2D eigenvalue weighted by Crippen LogP contribution is 2.34. The van der Waals surface area contributed by atoms with Gasteiger partial charge in [0.15, 0.2) is 0 Å². The van der Waals surface area contributed by atoms with Gasteiger partial charge in [-0.15, -0.1) is 0 Å². The van der Waals surface area contributed by atoms with E-state index in [0.29, 0.717) is 21.6 Å². The van der Waals surface area contributed by atoms with Crippen molar-refractivity contribution in [3.05, 3.63) is 102 Å². The van der Waals surface area contributed by atoms with Gasteiger partial charge in [0.25, 0.3) is 11.1 Å². The summed E-state index contributed by atoms with van der Waals surface area (Å²) in [5.74, 6) is 0.411. The number of amides is 1. The van der Waals surface area contributed by atoms with Crippen LogP contribution in [0.1, 0.15) is 18.9 Å². The van der Waals surface area contributed by atoms with Gasteiger partial charge in [-0.25, -0.2) is 14.2 Å². The minimum atomic E-state index is -1.71. The molecule has 3 aromatic carbocycles. The molecule has 2 atom stereocenters. The number of carbonyl (C=O) groups is 1. The summed E-state index contributed by atoms with van der Waals surface area (Å²) >= 11 is 4.91. The number of likely N-dealkylation sites (tertiary alicyclic amines) is 1. The highest BCUT2D eigenvalue weighted by Gasteiger charge is 2.24. The zero-order chi connectivity index (χ0) is 29.1. The van der Waals surface area contributed by atoms with Gasteiger partial charge in [0, 0.05) is 49.2 Å². The number of carbonyl (C=O) groups excluding carboxylic acids is 1. The summed E-state index contributed by atoms with van der Waals surface area (Å²) in [4.78, 5) is 23.5. The Hall–Kier alpha value is -4.25. The van der Waals surface area contributed by atoms with Crippen LogP contribution >= 0.6 is 11.6 Å². The predicted molar refractivity (Wildman–Crippen MR) is 165 cm³/mol. The lowest BCUT2D eigenvalue weighted by atomic mass is 10.1. The second-order valence-corrected chi connectivity index (χ2v) is 11.6. The molecule has 0 saturated carbocycles. The molecule has 3 heterocycles. The number of anilines is 2. The molecule has 6 rings (SSSR count). The van der Waals surface area contributed by atoms with E-state index >= 15 is 0 Å². The van der Waals surface area contributed by atoms with E-state index in [9.17, 15) is 9.00 Å². The molecule has 2 aromatic heterocycles. The summed E-state index contributed by atoms with van der Waals surface area (Å²) in [6.07, 6.45) is 4.31. The van der Waals surface area contributed by atoms with Gasteiger partial charge in [-0.3, -0.25) is 9.69 Å². The van der Waals surface area contributed by atoms with E-state index in [1.807, 2.05) is 66.7 Å². The second-order valence-electron chi connectivity index (χ2n) is 10.1. The number of fused-ring (bicyclic) bond motifs is 1. The lowest BCUT2D eigenvalue weighted by Crippen LogP contribution is -2.26. The number of hydrogen-bond acceptors (Lipinski definition) is 7. The van der Waals surface area contributed by atoms with Gasteiger partial charge < -0.3 is 14.9 Å². The molecule has 0 aliphatic carbocycles. The van der Waals surface area contributed by atoms with Crippen LogP contribution in [0.2, 0.25) is 5.02 Å². The van der Waals surface area contributed by atoms with Crippen molar-refractivity contribution >= 4 is 51.1 Å². The van der Waals surface area contributed by atoms with Crippen LogP contribution in [0.4, 0.5) is 11.6 Å². The second kappa shape index (κ2) is 12.3. The Morgan fingerprint density at radius 2 is 1.83 bits per heavy atom. The van der Waals surface area contributed by atoms with Crippen molar-refractivity contribution in [3.8, 4) is 11.3 Å². The van der Waals surface area contributed by atoms with E-state index in [-0.39, 0.29) is 11.9 Å². The van der Waals surface area contributed by atoms with Crippen LogP contribution in [-0.2, 0) is 22.4 Å². The number of benzene rings is 3. The van der Waals surface area contributed by atoms with Gasteiger partial charge in [-0.2, -0.15) is 4.73 Å². The SMILES string of the molecule is CC(=O)Nc1ccc(CN2CC[C@@H](Nc3ncc(Cl)c(-c4cn(OS(=O)c5ccccc5)c5ccccc45)n3)C2)cc1. The van der Waals surface area contributed by atoms with Gasteiger partial charge in [-0.05, 0) is 42.3 Å². The first-order valence-electron chi connectivity index (χ1n) is 13.6. The molecule has 0 bridgehead atoms. The number of nitrogens with one attached hydrogen (secondary N) is 2. The molecule has 1 aliphatic heterocycles. The van der Waals surface area contributed by atoms with Crippen LogP contribution in [0.15, 0.2) is 96.2 Å². The van der Waals surface area contributed by atoms with Gasteiger partial charge in [-0.1, -0.05) is 60.1 Å². The quantitative estimate of drug-likeness (QED) is 0.229.